The number of anilines is 1. The van der Waals surface area contributed by atoms with Crippen LogP contribution in [0.1, 0.15) is 27.2 Å². The zero-order valence-electron chi connectivity index (χ0n) is 12.3. The first kappa shape index (κ1) is 16.6. The van der Waals surface area contributed by atoms with Crippen LogP contribution in [0.25, 0.3) is 0 Å². The van der Waals surface area contributed by atoms with Crippen LogP contribution < -0.4 is 10.6 Å². The van der Waals surface area contributed by atoms with E-state index in [0.29, 0.717) is 12.1 Å². The summed E-state index contributed by atoms with van der Waals surface area (Å²) >= 11 is 0. The molecule has 2 amide bonds. The molecule has 21 heavy (non-hydrogen) atoms. The van der Waals surface area contributed by atoms with Crippen molar-refractivity contribution in [2.24, 2.45) is 5.41 Å². The average Bonchev–Trinajstić information content (AvgIpc) is 2.34. The lowest BCUT2D eigenvalue weighted by Gasteiger charge is -2.17. The van der Waals surface area contributed by atoms with Crippen LogP contribution in [0.15, 0.2) is 24.3 Å². The molecule has 1 aromatic rings. The highest BCUT2D eigenvalue weighted by Gasteiger charge is 2.16. The molecular formula is C14H19N3O4. The number of hydrogen-bond acceptors (Lipinski definition) is 4. The van der Waals surface area contributed by atoms with Crippen molar-refractivity contribution in [2.45, 2.75) is 27.2 Å². The molecule has 1 aromatic carbocycles. The van der Waals surface area contributed by atoms with E-state index < -0.39 is 10.8 Å². The van der Waals surface area contributed by atoms with E-state index in [2.05, 4.69) is 10.6 Å². The first-order valence-corrected chi connectivity index (χ1v) is 6.48. The minimum atomic E-state index is -0.541. The Morgan fingerprint density at radius 1 is 1.24 bits per heavy atom. The van der Waals surface area contributed by atoms with E-state index in [-0.39, 0.29) is 23.6 Å². The van der Waals surface area contributed by atoms with Crippen LogP contribution in [0, 0.1) is 15.5 Å². The fourth-order valence-electron chi connectivity index (χ4n) is 1.63. The minimum Gasteiger partial charge on any atom is -0.347 e. The van der Waals surface area contributed by atoms with E-state index in [1.165, 1.54) is 18.2 Å². The summed E-state index contributed by atoms with van der Waals surface area (Å²) in [5.74, 6) is -0.644. The third-order valence-corrected chi connectivity index (χ3v) is 2.48. The lowest BCUT2D eigenvalue weighted by Crippen LogP contribution is -2.34. The van der Waals surface area contributed by atoms with Gasteiger partial charge in [0.25, 0.3) is 5.69 Å². The molecule has 7 nitrogen and oxygen atoms in total. The van der Waals surface area contributed by atoms with Crippen LogP contribution in [-0.2, 0) is 9.59 Å². The summed E-state index contributed by atoms with van der Waals surface area (Å²) in [6.45, 7) is 5.61. The maximum absolute atomic E-state index is 11.7. The highest BCUT2D eigenvalue weighted by atomic mass is 16.6. The summed E-state index contributed by atoms with van der Waals surface area (Å²) in [7, 11) is 0. The number of amides is 2. The van der Waals surface area contributed by atoms with Crippen molar-refractivity contribution in [2.75, 3.05) is 11.9 Å². The molecule has 0 spiro atoms. The molecule has 0 saturated heterocycles. The molecule has 114 valence electrons. The van der Waals surface area contributed by atoms with Crippen molar-refractivity contribution < 1.29 is 14.5 Å². The van der Waals surface area contributed by atoms with Gasteiger partial charge in [-0.15, -0.1) is 0 Å². The van der Waals surface area contributed by atoms with Gasteiger partial charge in [0.05, 0.1) is 11.5 Å². The van der Waals surface area contributed by atoms with Gasteiger partial charge in [0, 0.05) is 24.2 Å². The Morgan fingerprint density at radius 2 is 1.90 bits per heavy atom. The van der Waals surface area contributed by atoms with Gasteiger partial charge < -0.3 is 10.6 Å². The number of nitro groups is 1. The van der Waals surface area contributed by atoms with Crippen molar-refractivity contribution in [3.63, 3.8) is 0 Å². The molecule has 0 radical (unpaired) electrons. The number of carbonyl (C=O) groups is 2. The fraction of sp³-hybridized carbons (Fsp3) is 0.429. The molecule has 0 atom stereocenters. The molecule has 1 rings (SSSR count). The second-order valence-corrected chi connectivity index (χ2v) is 5.87. The third kappa shape index (κ3) is 6.51. The van der Waals surface area contributed by atoms with E-state index in [4.69, 9.17) is 0 Å². The molecule has 0 aromatic heterocycles. The Labute approximate surface area is 122 Å². The van der Waals surface area contributed by atoms with Crippen molar-refractivity contribution in [1.82, 2.24) is 5.32 Å². The van der Waals surface area contributed by atoms with Gasteiger partial charge >= 0.3 is 0 Å². The molecule has 0 aliphatic heterocycles. The highest BCUT2D eigenvalue weighted by Crippen LogP contribution is 2.18. The lowest BCUT2D eigenvalue weighted by atomic mass is 9.92. The molecule has 0 fully saturated rings. The van der Waals surface area contributed by atoms with Crippen LogP contribution in [-0.4, -0.2) is 23.3 Å². The molecule has 0 unspecified atom stereocenters. The highest BCUT2D eigenvalue weighted by molar-refractivity contribution is 5.94. The maximum Gasteiger partial charge on any atom is 0.271 e. The number of non-ortho nitro benzene ring substituents is 1. The quantitative estimate of drug-likeness (QED) is 0.641. The number of nitrogens with zero attached hydrogens (tertiary/aromatic N) is 1. The summed E-state index contributed by atoms with van der Waals surface area (Å²) in [4.78, 5) is 33.3. The monoisotopic (exact) mass is 293 g/mol. The summed E-state index contributed by atoms with van der Waals surface area (Å²) in [5.41, 5.74) is 0.0597. The number of benzene rings is 1. The zero-order chi connectivity index (χ0) is 16.0. The van der Waals surface area contributed by atoms with Crippen molar-refractivity contribution >= 4 is 23.2 Å². The minimum absolute atomic E-state index is 0.107. The van der Waals surface area contributed by atoms with Gasteiger partial charge in [-0.1, -0.05) is 26.8 Å². The first-order chi connectivity index (χ1) is 9.67. The number of hydrogen-bond donors (Lipinski definition) is 2. The van der Waals surface area contributed by atoms with Crippen molar-refractivity contribution in [3.05, 3.63) is 34.4 Å². The summed E-state index contributed by atoms with van der Waals surface area (Å²) in [6.07, 6.45) is 0.317. The van der Waals surface area contributed by atoms with Crippen LogP contribution in [0.2, 0.25) is 0 Å². The van der Waals surface area contributed by atoms with Crippen molar-refractivity contribution in [1.29, 1.82) is 0 Å². The van der Waals surface area contributed by atoms with E-state index >= 15 is 0 Å². The maximum atomic E-state index is 11.7. The van der Waals surface area contributed by atoms with E-state index in [9.17, 15) is 19.7 Å². The summed E-state index contributed by atoms with van der Waals surface area (Å²) in [5, 5.41) is 15.6. The molecule has 7 heteroatoms. The van der Waals surface area contributed by atoms with Crippen LogP contribution in [0.4, 0.5) is 11.4 Å². The van der Waals surface area contributed by atoms with Gasteiger partial charge in [-0.05, 0) is 11.5 Å². The Balaban J connectivity index is 2.49. The van der Waals surface area contributed by atoms with Crippen LogP contribution in [0.5, 0.6) is 0 Å². The van der Waals surface area contributed by atoms with Crippen LogP contribution in [0.3, 0.4) is 0 Å². The SMILES string of the molecule is CC(C)(C)CC(=O)NCC(=O)Nc1cccc([N+](=O)[O-])c1. The normalized spacial score (nSPS) is 10.8. The Hall–Kier alpha value is -2.44. The van der Waals surface area contributed by atoms with Gasteiger partial charge in [0.2, 0.25) is 11.8 Å². The molecule has 2 N–H and O–H groups in total. The van der Waals surface area contributed by atoms with E-state index in [0.717, 1.165) is 0 Å². The Kier molecular flexibility index (Phi) is 5.40. The summed E-state index contributed by atoms with van der Waals surface area (Å²) in [6, 6.07) is 5.61. The predicted octanol–water partition coefficient (Wildman–Crippen LogP) is 2.09. The Morgan fingerprint density at radius 3 is 2.48 bits per heavy atom. The number of carbonyl (C=O) groups excluding carboxylic acids is 2. The molecular weight excluding hydrogens is 274 g/mol. The third-order valence-electron chi connectivity index (χ3n) is 2.48. The second-order valence-electron chi connectivity index (χ2n) is 5.87. The zero-order valence-corrected chi connectivity index (χ0v) is 12.3. The largest absolute Gasteiger partial charge is 0.347 e. The second kappa shape index (κ2) is 6.83. The number of rotatable bonds is 5. The standard InChI is InChI=1S/C14H19N3O4/c1-14(2,3)8-12(18)15-9-13(19)16-10-5-4-6-11(7-10)17(20)21/h4-7H,8-9H2,1-3H3,(H,15,18)(H,16,19). The molecule has 0 saturated carbocycles. The van der Waals surface area contributed by atoms with Gasteiger partial charge in [-0.2, -0.15) is 0 Å². The first-order valence-electron chi connectivity index (χ1n) is 6.48. The van der Waals surface area contributed by atoms with E-state index in [1.807, 2.05) is 20.8 Å². The molecule has 0 aliphatic rings. The van der Waals surface area contributed by atoms with Crippen LogP contribution >= 0.6 is 0 Å². The smallest absolute Gasteiger partial charge is 0.271 e. The molecule has 0 heterocycles. The van der Waals surface area contributed by atoms with Gasteiger partial charge in [0.1, 0.15) is 0 Å². The number of nitrogens with one attached hydrogen (secondary N) is 2. The average molecular weight is 293 g/mol. The predicted molar refractivity (Wildman–Crippen MR) is 78.8 cm³/mol. The molecule has 0 bridgehead atoms. The van der Waals surface area contributed by atoms with Crippen molar-refractivity contribution in [3.8, 4) is 0 Å². The topological polar surface area (TPSA) is 101 Å². The Bertz CT molecular complexity index is 549. The fourth-order valence-corrected chi connectivity index (χ4v) is 1.63. The van der Waals surface area contributed by atoms with Gasteiger partial charge in [0.15, 0.2) is 0 Å². The lowest BCUT2D eigenvalue weighted by molar-refractivity contribution is -0.384. The number of nitro benzene ring substituents is 1. The van der Waals surface area contributed by atoms with Gasteiger partial charge in [-0.3, -0.25) is 19.7 Å². The molecule has 0 aliphatic carbocycles. The van der Waals surface area contributed by atoms with E-state index in [1.54, 1.807) is 6.07 Å². The summed E-state index contributed by atoms with van der Waals surface area (Å²) < 4.78 is 0. The van der Waals surface area contributed by atoms with Gasteiger partial charge in [-0.25, -0.2) is 0 Å².